The Bertz CT molecular complexity index is 873. The lowest BCUT2D eigenvalue weighted by Gasteiger charge is -2.15. The molecule has 0 fully saturated rings. The van der Waals surface area contributed by atoms with Crippen LogP contribution in [-0.4, -0.2) is 31.9 Å². The van der Waals surface area contributed by atoms with E-state index in [4.69, 9.17) is 11.6 Å². The van der Waals surface area contributed by atoms with Crippen LogP contribution in [0.25, 0.3) is 10.9 Å². The Morgan fingerprint density at radius 2 is 2.17 bits per heavy atom. The van der Waals surface area contributed by atoms with Crippen LogP contribution < -0.4 is 10.9 Å². The molecule has 0 amide bonds. The number of aryl methyl sites for hydroxylation is 1. The Hall–Kier alpha value is -2.18. The molecule has 0 saturated carbocycles. The predicted octanol–water partition coefficient (Wildman–Crippen LogP) is 2.31. The second-order valence-corrected chi connectivity index (χ2v) is 6.29. The molecule has 24 heavy (non-hydrogen) atoms. The van der Waals surface area contributed by atoms with Gasteiger partial charge in [0, 0.05) is 25.3 Å². The molecule has 0 aliphatic heterocycles. The number of nitrogens with zero attached hydrogens (tertiary/aromatic N) is 4. The maximum Gasteiger partial charge on any atom is 0.261 e. The summed E-state index contributed by atoms with van der Waals surface area (Å²) in [7, 11) is 0. The summed E-state index contributed by atoms with van der Waals surface area (Å²) >= 11 is 5.83. The highest BCUT2D eigenvalue weighted by Crippen LogP contribution is 2.06. The van der Waals surface area contributed by atoms with Gasteiger partial charge in [-0.2, -0.15) is 5.10 Å². The van der Waals surface area contributed by atoms with Crippen molar-refractivity contribution in [3.8, 4) is 0 Å². The Labute approximate surface area is 145 Å². The fraction of sp³-hybridized carbons (Fsp3) is 0.353. The first-order valence-electron chi connectivity index (χ1n) is 7.99. The van der Waals surface area contributed by atoms with Crippen LogP contribution in [0.1, 0.15) is 13.3 Å². The summed E-state index contributed by atoms with van der Waals surface area (Å²) in [6, 6.07) is 7.58. The Morgan fingerprint density at radius 1 is 1.33 bits per heavy atom. The monoisotopic (exact) mass is 345 g/mol. The lowest BCUT2D eigenvalue weighted by atomic mass is 10.2. The molecule has 1 aromatic carbocycles. The molecule has 126 valence electrons. The molecule has 2 heterocycles. The smallest absolute Gasteiger partial charge is 0.261 e. The van der Waals surface area contributed by atoms with Crippen molar-refractivity contribution in [2.24, 2.45) is 0 Å². The van der Waals surface area contributed by atoms with Crippen molar-refractivity contribution in [2.75, 3.05) is 6.54 Å². The minimum Gasteiger partial charge on any atom is -0.312 e. The third-order valence-corrected chi connectivity index (χ3v) is 4.06. The molecular formula is C17H20ClN5O. The van der Waals surface area contributed by atoms with E-state index in [0.29, 0.717) is 17.0 Å². The highest BCUT2D eigenvalue weighted by Gasteiger charge is 2.07. The fourth-order valence-corrected chi connectivity index (χ4v) is 2.80. The van der Waals surface area contributed by atoms with Gasteiger partial charge in [0.25, 0.3) is 5.56 Å². The first-order chi connectivity index (χ1) is 11.6. The summed E-state index contributed by atoms with van der Waals surface area (Å²) in [6.07, 6.45) is 6.00. The molecule has 3 aromatic rings. The molecule has 7 heteroatoms. The molecule has 0 radical (unpaired) electrons. The molecule has 0 saturated heterocycles. The van der Waals surface area contributed by atoms with E-state index < -0.39 is 0 Å². The first-order valence-corrected chi connectivity index (χ1v) is 8.37. The van der Waals surface area contributed by atoms with Crippen LogP contribution in [0.4, 0.5) is 0 Å². The van der Waals surface area contributed by atoms with Crippen LogP contribution >= 0.6 is 11.6 Å². The van der Waals surface area contributed by atoms with Gasteiger partial charge in [0.2, 0.25) is 0 Å². The normalized spacial score (nSPS) is 12.6. The zero-order valence-electron chi connectivity index (χ0n) is 13.5. The number of aromatic nitrogens is 4. The van der Waals surface area contributed by atoms with E-state index >= 15 is 0 Å². The van der Waals surface area contributed by atoms with Gasteiger partial charge in [0.15, 0.2) is 0 Å². The van der Waals surface area contributed by atoms with Crippen LogP contribution in [0.3, 0.4) is 0 Å². The second kappa shape index (κ2) is 7.59. The highest BCUT2D eigenvalue weighted by molar-refractivity contribution is 6.30. The van der Waals surface area contributed by atoms with Crippen molar-refractivity contribution >= 4 is 22.5 Å². The molecule has 1 atom stereocenters. The lowest BCUT2D eigenvalue weighted by molar-refractivity contribution is 0.448. The van der Waals surface area contributed by atoms with Crippen LogP contribution in [0.15, 0.2) is 47.8 Å². The molecule has 0 aliphatic carbocycles. The van der Waals surface area contributed by atoms with Crippen molar-refractivity contribution < 1.29 is 0 Å². The van der Waals surface area contributed by atoms with E-state index in [-0.39, 0.29) is 11.6 Å². The lowest BCUT2D eigenvalue weighted by Crippen LogP contribution is -2.35. The standard InChI is InChI=1S/C17H20ClN5O/c1-13(19-7-4-8-23-11-14(18)9-21-23)10-22-12-20-16-6-3-2-5-15(16)17(22)24/h2-3,5-6,9,11-13,19H,4,7-8,10H2,1H3. The van der Waals surface area contributed by atoms with Crippen LogP contribution in [0, 0.1) is 0 Å². The van der Waals surface area contributed by atoms with Gasteiger partial charge in [-0.1, -0.05) is 23.7 Å². The van der Waals surface area contributed by atoms with Crippen molar-refractivity contribution in [3.05, 3.63) is 58.4 Å². The molecule has 0 aliphatic rings. The third kappa shape index (κ3) is 4.01. The number of hydrogen-bond acceptors (Lipinski definition) is 4. The van der Waals surface area contributed by atoms with Gasteiger partial charge in [-0.15, -0.1) is 0 Å². The van der Waals surface area contributed by atoms with E-state index in [1.165, 1.54) is 0 Å². The van der Waals surface area contributed by atoms with Crippen LogP contribution in [-0.2, 0) is 13.1 Å². The van der Waals surface area contributed by atoms with Gasteiger partial charge in [-0.3, -0.25) is 14.0 Å². The zero-order valence-corrected chi connectivity index (χ0v) is 14.3. The van der Waals surface area contributed by atoms with E-state index in [2.05, 4.69) is 22.3 Å². The number of halogens is 1. The summed E-state index contributed by atoms with van der Waals surface area (Å²) in [5, 5.41) is 8.87. The summed E-state index contributed by atoms with van der Waals surface area (Å²) in [5.41, 5.74) is 0.734. The van der Waals surface area contributed by atoms with Gasteiger partial charge in [-0.05, 0) is 32.0 Å². The van der Waals surface area contributed by atoms with Crippen LogP contribution in [0.2, 0.25) is 5.02 Å². The molecule has 2 aromatic heterocycles. The number of nitrogens with one attached hydrogen (secondary N) is 1. The van der Waals surface area contributed by atoms with E-state index in [1.54, 1.807) is 17.1 Å². The summed E-state index contributed by atoms with van der Waals surface area (Å²) < 4.78 is 3.49. The average molecular weight is 346 g/mol. The molecule has 0 spiro atoms. The number of rotatable bonds is 7. The topological polar surface area (TPSA) is 64.7 Å². The third-order valence-electron chi connectivity index (χ3n) is 3.86. The van der Waals surface area contributed by atoms with Gasteiger partial charge in [0.1, 0.15) is 0 Å². The molecule has 1 N–H and O–H groups in total. The molecular weight excluding hydrogens is 326 g/mol. The van der Waals surface area contributed by atoms with Crippen molar-refractivity contribution in [3.63, 3.8) is 0 Å². The maximum atomic E-state index is 12.5. The van der Waals surface area contributed by atoms with Crippen LogP contribution in [0.5, 0.6) is 0 Å². The SMILES string of the molecule is CC(Cn1cnc2ccccc2c1=O)NCCCn1cc(Cl)cn1. The van der Waals surface area contributed by atoms with Gasteiger partial charge >= 0.3 is 0 Å². The molecule has 1 unspecified atom stereocenters. The maximum absolute atomic E-state index is 12.5. The number of benzene rings is 1. The Kier molecular flexibility index (Phi) is 5.27. The van der Waals surface area contributed by atoms with Gasteiger partial charge in [0.05, 0.1) is 28.4 Å². The number of fused-ring (bicyclic) bond motifs is 1. The Balaban J connectivity index is 1.52. The zero-order chi connectivity index (χ0) is 16.9. The number of para-hydroxylation sites is 1. The molecule has 3 rings (SSSR count). The van der Waals surface area contributed by atoms with Gasteiger partial charge < -0.3 is 5.32 Å². The molecule has 6 nitrogen and oxygen atoms in total. The number of hydrogen-bond donors (Lipinski definition) is 1. The quantitative estimate of drug-likeness (QED) is 0.667. The van der Waals surface area contributed by atoms with Crippen molar-refractivity contribution in [2.45, 2.75) is 32.5 Å². The first kappa shape index (κ1) is 16.7. The van der Waals surface area contributed by atoms with Crippen molar-refractivity contribution in [1.82, 2.24) is 24.6 Å². The van der Waals surface area contributed by atoms with E-state index in [1.807, 2.05) is 35.1 Å². The summed E-state index contributed by atoms with van der Waals surface area (Å²) in [6.45, 7) is 4.30. The minimum absolute atomic E-state index is 0.000401. The predicted molar refractivity (Wildman–Crippen MR) is 95.3 cm³/mol. The van der Waals surface area contributed by atoms with Gasteiger partial charge in [-0.25, -0.2) is 4.98 Å². The van der Waals surface area contributed by atoms with E-state index in [0.717, 1.165) is 25.0 Å². The minimum atomic E-state index is 0.000401. The van der Waals surface area contributed by atoms with E-state index in [9.17, 15) is 4.79 Å². The Morgan fingerprint density at radius 3 is 2.96 bits per heavy atom. The van der Waals surface area contributed by atoms with Crippen molar-refractivity contribution in [1.29, 1.82) is 0 Å². The fourth-order valence-electron chi connectivity index (χ4n) is 2.65. The summed E-state index contributed by atoms with van der Waals surface area (Å²) in [5.74, 6) is 0. The largest absolute Gasteiger partial charge is 0.312 e. The average Bonchev–Trinajstić information content (AvgIpc) is 3.00. The molecule has 0 bridgehead atoms. The summed E-state index contributed by atoms with van der Waals surface area (Å²) in [4.78, 5) is 16.8. The highest BCUT2D eigenvalue weighted by atomic mass is 35.5. The second-order valence-electron chi connectivity index (χ2n) is 5.85.